The van der Waals surface area contributed by atoms with E-state index < -0.39 is 31.7 Å². The van der Waals surface area contributed by atoms with E-state index in [2.05, 4.69) is 24.3 Å². The summed E-state index contributed by atoms with van der Waals surface area (Å²) in [7, 11) is -8.54. The van der Waals surface area contributed by atoms with E-state index in [1.165, 1.54) is 0 Å². The Balaban J connectivity index is 1.60. The van der Waals surface area contributed by atoms with Crippen molar-refractivity contribution in [3.05, 3.63) is 87.6 Å². The number of nitrogens with zero attached hydrogens (tertiary/aromatic N) is 1. The van der Waals surface area contributed by atoms with E-state index in [9.17, 15) is 25.9 Å². The molecule has 1 N–H and O–H groups in total. The van der Waals surface area contributed by atoms with Gasteiger partial charge in [0.1, 0.15) is 0 Å². The maximum absolute atomic E-state index is 11.6. The Bertz CT molecular complexity index is 1960. The van der Waals surface area contributed by atoms with Crippen LogP contribution >= 0.6 is 11.3 Å². The largest absolute Gasteiger partial charge is 0.748 e. The normalized spacial score (nSPS) is 15.1. The Labute approximate surface area is 250 Å². The first-order chi connectivity index (χ1) is 19.8. The van der Waals surface area contributed by atoms with Crippen LogP contribution in [0.3, 0.4) is 0 Å². The molecule has 0 atom stereocenters. The summed E-state index contributed by atoms with van der Waals surface area (Å²) in [5.74, 6) is 0.179. The minimum absolute atomic E-state index is 0.0148. The van der Waals surface area contributed by atoms with Crippen LogP contribution in [0.2, 0.25) is 0 Å². The lowest BCUT2D eigenvalue weighted by molar-refractivity contribution is 0.437. The number of hydrogen-bond donors (Lipinski definition) is 1. The molecule has 4 aromatic rings. The van der Waals surface area contributed by atoms with Crippen LogP contribution in [0.15, 0.2) is 66.1 Å². The van der Waals surface area contributed by atoms with Gasteiger partial charge in [-0.15, -0.1) is 11.3 Å². The zero-order valence-corrected chi connectivity index (χ0v) is 26.0. The summed E-state index contributed by atoms with van der Waals surface area (Å²) in [4.78, 5) is 2.72. The minimum Gasteiger partial charge on any atom is -0.748 e. The molecule has 0 radical (unpaired) electrons. The van der Waals surface area contributed by atoms with E-state index in [0.29, 0.717) is 24.5 Å². The molecule has 0 saturated carbocycles. The number of allylic oxidation sites excluding steroid dienone is 2. The number of thiophene rings is 1. The average molecular weight is 627 g/mol. The van der Waals surface area contributed by atoms with Crippen LogP contribution < -0.4 is 9.64 Å². The molecule has 42 heavy (non-hydrogen) atoms. The molecular formula is C31H32NO7S3-. The lowest BCUT2D eigenvalue weighted by Crippen LogP contribution is -2.27. The Kier molecular flexibility index (Phi) is 8.51. The first kappa shape index (κ1) is 30.2. The summed E-state index contributed by atoms with van der Waals surface area (Å²) < 4.78 is 74.1. The molecule has 0 saturated heterocycles. The molecule has 0 bridgehead atoms. The van der Waals surface area contributed by atoms with Crippen molar-refractivity contribution in [1.29, 1.82) is 0 Å². The van der Waals surface area contributed by atoms with Crippen LogP contribution in [0.1, 0.15) is 41.3 Å². The molecular weight excluding hydrogens is 595 g/mol. The Morgan fingerprint density at radius 2 is 1.79 bits per heavy atom. The molecule has 222 valence electrons. The zero-order chi connectivity index (χ0) is 30.2. The number of hydrogen-bond acceptors (Lipinski definition) is 8. The van der Waals surface area contributed by atoms with Crippen LogP contribution in [0.5, 0.6) is 5.75 Å². The molecule has 1 aliphatic heterocycles. The highest BCUT2D eigenvalue weighted by Gasteiger charge is 2.28. The number of aryl methyl sites for hydroxylation is 3. The van der Waals surface area contributed by atoms with Crippen molar-refractivity contribution >= 4 is 64.2 Å². The Morgan fingerprint density at radius 1 is 1.05 bits per heavy atom. The van der Waals surface area contributed by atoms with Gasteiger partial charge in [0.15, 0.2) is 5.75 Å². The van der Waals surface area contributed by atoms with E-state index in [1.807, 2.05) is 57.2 Å². The number of anilines is 1. The highest BCUT2D eigenvalue weighted by molar-refractivity contribution is 7.86. The molecule has 11 heteroatoms. The van der Waals surface area contributed by atoms with Gasteiger partial charge in [0.2, 0.25) is 5.88 Å². The third kappa shape index (κ3) is 6.71. The fraction of sp³-hybridized carbons (Fsp3) is 0.290. The molecule has 0 spiro atoms. The predicted molar refractivity (Wildman–Crippen MR) is 169 cm³/mol. The van der Waals surface area contributed by atoms with Crippen LogP contribution in [-0.4, -0.2) is 44.0 Å². The molecule has 3 aromatic carbocycles. The average Bonchev–Trinajstić information content (AvgIpc) is 3.43. The fourth-order valence-electron chi connectivity index (χ4n) is 5.21. The molecule has 0 fully saturated rings. The van der Waals surface area contributed by atoms with Gasteiger partial charge >= 0.3 is 0 Å². The summed E-state index contributed by atoms with van der Waals surface area (Å²) in [5.41, 5.74) is 4.71. The van der Waals surface area contributed by atoms with E-state index in [0.717, 1.165) is 53.7 Å². The monoisotopic (exact) mass is 626 g/mol. The fourth-order valence-corrected chi connectivity index (χ4v) is 7.37. The highest BCUT2D eigenvalue weighted by atomic mass is 32.2. The van der Waals surface area contributed by atoms with Crippen molar-refractivity contribution in [3.8, 4) is 5.75 Å². The SMILES string of the molecule is CCC(=Cc1sc2ccc3ccccc3c2c1CCCS(=O)(=O)[O-])/C=C1\Oc2cc(C)c(C)cc2N1CCS(=O)(=O)O. The van der Waals surface area contributed by atoms with Gasteiger partial charge in [-0.1, -0.05) is 37.3 Å². The number of benzene rings is 3. The van der Waals surface area contributed by atoms with Gasteiger partial charge in [-0.05, 0) is 90.4 Å². The van der Waals surface area contributed by atoms with Gasteiger partial charge in [-0.25, -0.2) is 8.42 Å². The summed E-state index contributed by atoms with van der Waals surface area (Å²) in [6, 6.07) is 16.0. The van der Waals surface area contributed by atoms with Crippen molar-refractivity contribution in [2.75, 3.05) is 23.0 Å². The minimum atomic E-state index is -4.34. The summed E-state index contributed by atoms with van der Waals surface area (Å²) in [5, 5.41) is 3.20. The lowest BCUT2D eigenvalue weighted by atomic mass is 9.99. The molecule has 0 amide bonds. The quantitative estimate of drug-likeness (QED) is 0.196. The second-order valence-electron chi connectivity index (χ2n) is 10.5. The van der Waals surface area contributed by atoms with Crippen LogP contribution in [0, 0.1) is 13.8 Å². The van der Waals surface area contributed by atoms with Crippen molar-refractivity contribution in [2.45, 2.75) is 40.0 Å². The topological polar surface area (TPSA) is 124 Å². The van der Waals surface area contributed by atoms with Crippen molar-refractivity contribution < 1.29 is 30.7 Å². The van der Waals surface area contributed by atoms with Gasteiger partial charge in [0, 0.05) is 33.3 Å². The summed E-state index contributed by atoms with van der Waals surface area (Å²) in [6.45, 7) is 5.97. The van der Waals surface area contributed by atoms with Crippen molar-refractivity contribution in [1.82, 2.24) is 0 Å². The van der Waals surface area contributed by atoms with Crippen molar-refractivity contribution in [2.24, 2.45) is 0 Å². The number of fused-ring (bicyclic) bond motifs is 4. The van der Waals surface area contributed by atoms with E-state index in [1.54, 1.807) is 16.2 Å². The van der Waals surface area contributed by atoms with Crippen molar-refractivity contribution in [3.63, 3.8) is 0 Å². The molecule has 0 aliphatic carbocycles. The van der Waals surface area contributed by atoms with Gasteiger partial charge in [0.05, 0.1) is 21.6 Å². The second kappa shape index (κ2) is 11.8. The number of rotatable bonds is 10. The van der Waals surface area contributed by atoms with Gasteiger partial charge in [-0.2, -0.15) is 8.42 Å². The molecule has 1 aromatic heterocycles. The van der Waals surface area contributed by atoms with Gasteiger partial charge < -0.3 is 14.2 Å². The first-order valence-corrected chi connectivity index (χ1v) is 17.6. The lowest BCUT2D eigenvalue weighted by Gasteiger charge is -2.18. The maximum Gasteiger partial charge on any atom is 0.266 e. The first-order valence-electron chi connectivity index (χ1n) is 13.6. The third-order valence-electron chi connectivity index (χ3n) is 7.48. The number of ether oxygens (including phenoxy) is 1. The molecule has 0 unspecified atom stereocenters. The smallest absolute Gasteiger partial charge is 0.266 e. The predicted octanol–water partition coefficient (Wildman–Crippen LogP) is 6.57. The van der Waals surface area contributed by atoms with Gasteiger partial charge in [-0.3, -0.25) is 4.55 Å². The second-order valence-corrected chi connectivity index (χ2v) is 14.6. The molecule has 5 rings (SSSR count). The maximum atomic E-state index is 11.6. The molecule has 2 heterocycles. The summed E-state index contributed by atoms with van der Waals surface area (Å²) in [6.07, 6.45) is 5.21. The standard InChI is InChI=1S/C31H33NO7S3/c1-4-22(19-30-32(13-15-42(36,37)38)26-16-20(2)21(3)17-27(26)39-30)18-29-25(10-7-14-41(33,34)35)31-24-9-6-5-8-23(24)11-12-28(31)40-29/h5-6,8-9,11-12,16-19H,4,7,10,13-15H2,1-3H3,(H,33,34,35)(H,36,37,38)/p-1/b22-18?,30-19-. The van der Waals surface area contributed by atoms with E-state index in [-0.39, 0.29) is 13.0 Å². The summed E-state index contributed by atoms with van der Waals surface area (Å²) >= 11 is 1.60. The third-order valence-corrected chi connectivity index (χ3v) is 10.1. The molecule has 1 aliphatic rings. The van der Waals surface area contributed by atoms with E-state index >= 15 is 0 Å². The van der Waals surface area contributed by atoms with Crippen LogP contribution in [-0.2, 0) is 26.7 Å². The Hall–Kier alpha value is -3.22. The van der Waals surface area contributed by atoms with Gasteiger partial charge in [0.25, 0.3) is 10.1 Å². The van der Waals surface area contributed by atoms with Crippen LogP contribution in [0.4, 0.5) is 5.69 Å². The van der Waals surface area contributed by atoms with Crippen LogP contribution in [0.25, 0.3) is 26.9 Å². The molecule has 8 nitrogen and oxygen atoms in total. The zero-order valence-electron chi connectivity index (χ0n) is 23.6. The highest BCUT2D eigenvalue weighted by Crippen LogP contribution is 2.42. The van der Waals surface area contributed by atoms with E-state index in [4.69, 9.17) is 4.74 Å². The Morgan fingerprint density at radius 3 is 2.50 bits per heavy atom.